The second-order valence-corrected chi connectivity index (χ2v) is 6.50. The Labute approximate surface area is 151 Å². The van der Waals surface area contributed by atoms with Crippen molar-refractivity contribution in [1.82, 2.24) is 4.90 Å². The lowest BCUT2D eigenvalue weighted by molar-refractivity contribution is 0.0728. The fourth-order valence-corrected chi connectivity index (χ4v) is 3.15. The van der Waals surface area contributed by atoms with E-state index < -0.39 is 0 Å². The van der Waals surface area contributed by atoms with Crippen LogP contribution in [0.15, 0.2) is 36.4 Å². The summed E-state index contributed by atoms with van der Waals surface area (Å²) in [5, 5.41) is 0. The molecular formula is C20H20FNO4. The molecule has 2 aromatic rings. The summed E-state index contributed by atoms with van der Waals surface area (Å²) in [6.45, 7) is 1.26. The van der Waals surface area contributed by atoms with E-state index in [1.807, 2.05) is 6.07 Å². The predicted molar refractivity (Wildman–Crippen MR) is 93.3 cm³/mol. The summed E-state index contributed by atoms with van der Waals surface area (Å²) in [7, 11) is 1.53. The van der Waals surface area contributed by atoms with Crippen LogP contribution >= 0.6 is 0 Å². The fraction of sp³-hybridized carbons (Fsp3) is 0.350. The summed E-state index contributed by atoms with van der Waals surface area (Å²) in [5.41, 5.74) is 1.25. The lowest BCUT2D eigenvalue weighted by atomic mass is 10.1. The van der Waals surface area contributed by atoms with Crippen LogP contribution < -0.4 is 14.2 Å². The molecular weight excluding hydrogens is 337 g/mol. The summed E-state index contributed by atoms with van der Waals surface area (Å²) < 4.78 is 30.1. The molecule has 136 valence electrons. The Morgan fingerprint density at radius 3 is 2.77 bits per heavy atom. The molecule has 1 heterocycles. The minimum Gasteiger partial charge on any atom is -0.493 e. The molecule has 1 aliphatic carbocycles. The Bertz CT molecular complexity index is 817. The van der Waals surface area contributed by atoms with Crippen LogP contribution in [0.2, 0.25) is 0 Å². The highest BCUT2D eigenvalue weighted by Gasteiger charge is 2.34. The van der Waals surface area contributed by atoms with Gasteiger partial charge in [0.2, 0.25) is 5.75 Å². The van der Waals surface area contributed by atoms with E-state index in [-0.39, 0.29) is 17.8 Å². The molecule has 0 saturated heterocycles. The molecule has 0 atom stereocenters. The molecule has 1 aliphatic heterocycles. The lowest BCUT2D eigenvalue weighted by Crippen LogP contribution is -2.32. The van der Waals surface area contributed by atoms with Gasteiger partial charge in [-0.15, -0.1) is 0 Å². The van der Waals surface area contributed by atoms with Gasteiger partial charge in [-0.3, -0.25) is 4.79 Å². The molecule has 0 N–H and O–H groups in total. The van der Waals surface area contributed by atoms with E-state index in [9.17, 15) is 9.18 Å². The molecule has 5 nitrogen and oxygen atoms in total. The number of methoxy groups -OCH3 is 1. The molecule has 2 aromatic carbocycles. The zero-order valence-electron chi connectivity index (χ0n) is 14.5. The van der Waals surface area contributed by atoms with Gasteiger partial charge >= 0.3 is 0 Å². The summed E-state index contributed by atoms with van der Waals surface area (Å²) in [5.74, 6) is 1.10. The summed E-state index contributed by atoms with van der Waals surface area (Å²) in [4.78, 5) is 14.9. The van der Waals surface area contributed by atoms with E-state index in [2.05, 4.69) is 0 Å². The van der Waals surface area contributed by atoms with Crippen molar-refractivity contribution in [3.05, 3.63) is 53.3 Å². The first-order valence-electron chi connectivity index (χ1n) is 8.69. The van der Waals surface area contributed by atoms with E-state index >= 15 is 0 Å². The number of nitrogens with zero attached hydrogens (tertiary/aromatic N) is 1. The second-order valence-electron chi connectivity index (χ2n) is 6.50. The van der Waals surface area contributed by atoms with Gasteiger partial charge in [0.05, 0.1) is 7.11 Å². The molecule has 0 bridgehead atoms. The molecule has 0 aromatic heterocycles. The minimum absolute atomic E-state index is 0.118. The van der Waals surface area contributed by atoms with Crippen LogP contribution in [0.5, 0.6) is 17.2 Å². The highest BCUT2D eigenvalue weighted by Crippen LogP contribution is 2.41. The number of amides is 1. The standard InChI is InChI=1S/C20H20FNO4/c1-24-17-10-14(11-18-19(17)26-8-7-25-18)20(23)22(16-5-6-16)12-13-3-2-4-15(21)9-13/h2-4,9-11,16H,5-8,12H2,1H3. The number of benzene rings is 2. The zero-order chi connectivity index (χ0) is 18.1. The van der Waals surface area contributed by atoms with Crippen molar-refractivity contribution in [1.29, 1.82) is 0 Å². The molecule has 0 radical (unpaired) electrons. The molecule has 1 saturated carbocycles. The van der Waals surface area contributed by atoms with Crippen molar-refractivity contribution in [2.75, 3.05) is 20.3 Å². The van der Waals surface area contributed by atoms with Crippen LogP contribution in [0.3, 0.4) is 0 Å². The van der Waals surface area contributed by atoms with Gasteiger partial charge in [-0.05, 0) is 42.7 Å². The Balaban J connectivity index is 1.64. The first kappa shape index (κ1) is 16.7. The largest absolute Gasteiger partial charge is 0.493 e. The Morgan fingerprint density at radius 1 is 1.23 bits per heavy atom. The smallest absolute Gasteiger partial charge is 0.254 e. The van der Waals surface area contributed by atoms with Crippen LogP contribution in [0.4, 0.5) is 4.39 Å². The quantitative estimate of drug-likeness (QED) is 0.823. The Kier molecular flexibility index (Phi) is 4.41. The highest BCUT2D eigenvalue weighted by molar-refractivity contribution is 5.96. The van der Waals surface area contributed by atoms with Gasteiger partial charge in [-0.25, -0.2) is 4.39 Å². The van der Waals surface area contributed by atoms with Crippen LogP contribution in [0, 0.1) is 5.82 Å². The summed E-state index contributed by atoms with van der Waals surface area (Å²) in [6.07, 6.45) is 1.92. The maximum absolute atomic E-state index is 13.5. The van der Waals surface area contributed by atoms with Crippen LogP contribution in [-0.2, 0) is 6.54 Å². The number of ether oxygens (including phenoxy) is 3. The summed E-state index contributed by atoms with van der Waals surface area (Å²) in [6, 6.07) is 9.91. The molecule has 0 unspecified atom stereocenters. The molecule has 1 amide bonds. The third-order valence-electron chi connectivity index (χ3n) is 4.57. The van der Waals surface area contributed by atoms with Crippen molar-refractivity contribution < 1.29 is 23.4 Å². The maximum atomic E-state index is 13.5. The van der Waals surface area contributed by atoms with Gasteiger partial charge in [0.25, 0.3) is 5.91 Å². The number of hydrogen-bond donors (Lipinski definition) is 0. The number of rotatable bonds is 5. The average Bonchev–Trinajstić information content (AvgIpc) is 3.50. The van der Waals surface area contributed by atoms with Crippen molar-refractivity contribution in [3.8, 4) is 17.2 Å². The number of halogens is 1. The summed E-state index contributed by atoms with van der Waals surface area (Å²) >= 11 is 0. The lowest BCUT2D eigenvalue weighted by Gasteiger charge is -2.25. The molecule has 4 rings (SSSR count). The van der Waals surface area contributed by atoms with E-state index in [0.717, 1.165) is 18.4 Å². The zero-order valence-corrected chi connectivity index (χ0v) is 14.5. The van der Waals surface area contributed by atoms with Crippen LogP contribution in [0.25, 0.3) is 0 Å². The normalized spacial score (nSPS) is 15.5. The van der Waals surface area contributed by atoms with Crippen molar-refractivity contribution >= 4 is 5.91 Å². The van der Waals surface area contributed by atoms with Gasteiger partial charge in [0.15, 0.2) is 11.5 Å². The van der Waals surface area contributed by atoms with Gasteiger partial charge in [-0.1, -0.05) is 12.1 Å². The van der Waals surface area contributed by atoms with Crippen molar-refractivity contribution in [3.63, 3.8) is 0 Å². The van der Waals surface area contributed by atoms with Crippen molar-refractivity contribution in [2.45, 2.75) is 25.4 Å². The topological polar surface area (TPSA) is 48.0 Å². The van der Waals surface area contributed by atoms with Crippen LogP contribution in [-0.4, -0.2) is 37.2 Å². The molecule has 6 heteroatoms. The SMILES string of the molecule is COc1cc(C(=O)N(Cc2cccc(F)c2)C2CC2)cc2c1OCCO2. The Hall–Kier alpha value is -2.76. The van der Waals surface area contributed by atoms with E-state index in [1.165, 1.54) is 19.2 Å². The van der Waals surface area contributed by atoms with Crippen LogP contribution in [0.1, 0.15) is 28.8 Å². The number of fused-ring (bicyclic) bond motifs is 1. The van der Waals surface area contributed by atoms with E-state index in [4.69, 9.17) is 14.2 Å². The predicted octanol–water partition coefficient (Wildman–Crippen LogP) is 3.41. The number of hydrogen-bond acceptors (Lipinski definition) is 4. The van der Waals surface area contributed by atoms with E-state index in [0.29, 0.717) is 42.6 Å². The Morgan fingerprint density at radius 2 is 2.04 bits per heavy atom. The van der Waals surface area contributed by atoms with Gasteiger partial charge in [0, 0.05) is 18.2 Å². The first-order chi connectivity index (χ1) is 12.7. The molecule has 26 heavy (non-hydrogen) atoms. The molecule has 1 fully saturated rings. The fourth-order valence-electron chi connectivity index (χ4n) is 3.15. The highest BCUT2D eigenvalue weighted by atomic mass is 19.1. The first-order valence-corrected chi connectivity index (χ1v) is 8.69. The number of carbonyl (C=O) groups excluding carboxylic acids is 1. The molecule has 0 spiro atoms. The number of carbonyl (C=O) groups is 1. The van der Waals surface area contributed by atoms with E-state index in [1.54, 1.807) is 23.1 Å². The van der Waals surface area contributed by atoms with Gasteiger partial charge < -0.3 is 19.1 Å². The third-order valence-corrected chi connectivity index (χ3v) is 4.57. The van der Waals surface area contributed by atoms with Crippen molar-refractivity contribution in [2.24, 2.45) is 0 Å². The maximum Gasteiger partial charge on any atom is 0.254 e. The molecule has 2 aliphatic rings. The minimum atomic E-state index is -0.299. The monoisotopic (exact) mass is 357 g/mol. The third kappa shape index (κ3) is 3.31. The second kappa shape index (κ2) is 6.86. The van der Waals surface area contributed by atoms with Gasteiger partial charge in [-0.2, -0.15) is 0 Å². The average molecular weight is 357 g/mol. The van der Waals surface area contributed by atoms with Gasteiger partial charge in [0.1, 0.15) is 19.0 Å².